The van der Waals surface area contributed by atoms with Gasteiger partial charge in [0.1, 0.15) is 0 Å². The maximum absolute atomic E-state index is 12.1. The summed E-state index contributed by atoms with van der Waals surface area (Å²) in [5.41, 5.74) is 8.08. The van der Waals surface area contributed by atoms with Crippen LogP contribution in [0, 0.1) is 20.8 Å². The van der Waals surface area contributed by atoms with Crippen LogP contribution in [0.1, 0.15) is 95.0 Å². The summed E-state index contributed by atoms with van der Waals surface area (Å²) in [4.78, 5) is 38.0. The van der Waals surface area contributed by atoms with Gasteiger partial charge in [-0.1, -0.05) is 51.6 Å². The molecule has 0 aromatic carbocycles. The molecule has 0 spiro atoms. The van der Waals surface area contributed by atoms with Gasteiger partial charge < -0.3 is 35.6 Å². The summed E-state index contributed by atoms with van der Waals surface area (Å²) in [7, 11) is 0. The van der Waals surface area contributed by atoms with Crippen LogP contribution in [0.4, 0.5) is 0 Å². The molecule has 0 saturated carbocycles. The summed E-state index contributed by atoms with van der Waals surface area (Å²) in [6.07, 6.45) is 6.05. The molecular formula is C34H38FeN4O5S2. The number of hydrogen-bond acceptors (Lipinski definition) is 5. The van der Waals surface area contributed by atoms with Crippen molar-refractivity contribution in [2.75, 3.05) is 0 Å². The number of carboxylic acid groups (broad SMARTS) is 2. The molecule has 3 aromatic rings. The van der Waals surface area contributed by atoms with Gasteiger partial charge >= 0.3 is 29.0 Å². The van der Waals surface area contributed by atoms with Crippen LogP contribution in [0.25, 0.3) is 23.5 Å². The second-order valence-corrected chi connectivity index (χ2v) is 13.6. The van der Waals surface area contributed by atoms with Crippen molar-refractivity contribution in [3.05, 3.63) is 89.0 Å². The number of allylic oxidation sites excluding steroid dienone is 1. The first-order valence-corrected chi connectivity index (χ1v) is 16.0. The summed E-state index contributed by atoms with van der Waals surface area (Å²) in [5, 5.41) is 36.8. The van der Waals surface area contributed by atoms with E-state index in [1.165, 1.54) is 0 Å². The fraction of sp³-hybridized carbons (Fsp3) is 0.412. The normalized spacial score (nSPS) is 21.2. The van der Waals surface area contributed by atoms with Gasteiger partial charge in [0.15, 0.2) is 0 Å². The predicted molar refractivity (Wildman–Crippen MR) is 180 cm³/mol. The molecule has 9 nitrogen and oxygen atoms in total. The summed E-state index contributed by atoms with van der Waals surface area (Å²) in [5.74, 6) is -1.84. The van der Waals surface area contributed by atoms with Crippen LogP contribution >= 0.6 is 25.3 Å². The average molecular weight is 703 g/mol. The number of aliphatic carboxylic acids is 2. The average Bonchev–Trinajstić information content (AvgIpc) is 3.57. The van der Waals surface area contributed by atoms with Crippen molar-refractivity contribution < 1.29 is 42.0 Å². The van der Waals surface area contributed by atoms with E-state index in [-0.39, 0.29) is 59.7 Å². The second-order valence-electron chi connectivity index (χ2n) is 12.1. The molecule has 12 heteroatoms. The monoisotopic (exact) mass is 702 g/mol. The molecule has 8 bridgehead atoms. The number of hydrogen-bond donors (Lipinski definition) is 5. The van der Waals surface area contributed by atoms with Crippen LogP contribution in [0.3, 0.4) is 0 Å². The van der Waals surface area contributed by atoms with Crippen molar-refractivity contribution in [1.82, 2.24) is 15.0 Å². The molecule has 3 atom stereocenters. The summed E-state index contributed by atoms with van der Waals surface area (Å²) in [6.45, 7) is 11.6. The van der Waals surface area contributed by atoms with E-state index >= 15 is 0 Å². The van der Waals surface area contributed by atoms with Gasteiger partial charge in [0.2, 0.25) is 0 Å². The molecule has 2 aliphatic rings. The first-order valence-electron chi connectivity index (χ1n) is 15.0. The van der Waals surface area contributed by atoms with Crippen molar-refractivity contribution in [2.45, 2.75) is 89.9 Å². The Bertz CT molecular complexity index is 1900. The van der Waals surface area contributed by atoms with E-state index in [0.717, 1.165) is 39.0 Å². The van der Waals surface area contributed by atoms with Gasteiger partial charge in [0.25, 0.3) is 0 Å². The van der Waals surface area contributed by atoms with Crippen molar-refractivity contribution in [3.8, 4) is 0 Å². The van der Waals surface area contributed by atoms with Crippen LogP contribution in [0.15, 0.2) is 16.8 Å². The van der Waals surface area contributed by atoms with Gasteiger partial charge in [-0.15, -0.1) is 33.5 Å². The molecule has 0 aliphatic carbocycles. The number of carboxylic acids is 2. The molecule has 0 saturated heterocycles. The zero-order valence-corrected chi connectivity index (χ0v) is 29.5. The predicted octanol–water partition coefficient (Wildman–Crippen LogP) is 3.77. The topological polar surface area (TPSA) is 151 Å². The molecule has 5 rings (SSSR count). The fourth-order valence-electron chi connectivity index (χ4n) is 6.64. The van der Waals surface area contributed by atoms with E-state index in [2.05, 4.69) is 0 Å². The standard InChI is InChI=1S/C34H38N4O5S2.Fe/c1-15-21(7-9-30(39)40)26-13-27-22(8-10-31(41)42)16(2)24(36-27)12-28-32(19(5)44)17(3)29(37-28)14-34(43)33(20(6)45)18(4)25(38-34)11-23(15)35-26;/h11-13,19-20,43-45H,7-10,14H2,1-6H3,(H,39,40)(H,41,42);/q-4;+4/b24-12-,25-11-,27-13+;/t19-,20-,34+;/m0./s1. The Morgan fingerprint density at radius 3 is 2.00 bits per heavy atom. The van der Waals surface area contributed by atoms with Gasteiger partial charge in [-0.25, -0.2) is 0 Å². The molecule has 0 amide bonds. The Balaban J connectivity index is 0.00000480. The maximum Gasteiger partial charge on any atom is 4.00 e. The van der Waals surface area contributed by atoms with E-state index in [0.29, 0.717) is 44.7 Å². The minimum absolute atomic E-state index is 0. The number of rotatable bonds is 8. The van der Waals surface area contributed by atoms with Gasteiger partial charge in [0.05, 0.1) is 0 Å². The van der Waals surface area contributed by atoms with Crippen LogP contribution < -0.4 is 25.7 Å². The minimum atomic E-state index is -1.58. The molecule has 2 aliphatic heterocycles. The third kappa shape index (κ3) is 6.69. The fourth-order valence-corrected chi connectivity index (χ4v) is 7.37. The number of aliphatic hydroxyl groups is 1. The molecule has 244 valence electrons. The van der Waals surface area contributed by atoms with Crippen molar-refractivity contribution in [3.63, 3.8) is 0 Å². The smallest absolute Gasteiger partial charge is 0.661 e. The number of nitrogens with zero attached hydrogens (tertiary/aromatic N) is 4. The Kier molecular flexibility index (Phi) is 10.6. The number of thiol groups is 2. The van der Waals surface area contributed by atoms with Gasteiger partial charge in [-0.3, -0.25) is 9.59 Å². The van der Waals surface area contributed by atoms with Crippen LogP contribution in [-0.2, 0) is 45.9 Å². The maximum atomic E-state index is 12.1. The van der Waals surface area contributed by atoms with Gasteiger partial charge in [-0.05, 0) is 71.9 Å². The summed E-state index contributed by atoms with van der Waals surface area (Å²) >= 11 is 9.49. The third-order valence-electron chi connectivity index (χ3n) is 8.91. The SMILES string of the molecule is CC1=C([C@H](C)S)[C@]2(O)Cc3[n-]c(c([C@H](C)S)c3C)/C=c3\[n-]/c(c(CCC(=O)O)c3C)=C/c3[n-]c(c(C)c3CCC(=O)O)/C=C/1[N-]2.[Fe+4]. The van der Waals surface area contributed by atoms with Crippen molar-refractivity contribution in [2.24, 2.45) is 0 Å². The van der Waals surface area contributed by atoms with E-state index in [9.17, 15) is 24.9 Å². The second kappa shape index (κ2) is 13.6. The largest absolute Gasteiger partial charge is 4.00 e. The van der Waals surface area contributed by atoms with Crippen LogP contribution in [0.5, 0.6) is 0 Å². The van der Waals surface area contributed by atoms with E-state index < -0.39 is 17.7 Å². The van der Waals surface area contributed by atoms with Crippen molar-refractivity contribution in [1.29, 1.82) is 0 Å². The molecule has 0 unspecified atom stereocenters. The summed E-state index contributed by atoms with van der Waals surface area (Å²) in [6, 6.07) is 0. The van der Waals surface area contributed by atoms with E-state index in [1.54, 1.807) is 0 Å². The molecule has 3 N–H and O–H groups in total. The molecule has 0 radical (unpaired) electrons. The molecule has 0 fully saturated rings. The third-order valence-corrected chi connectivity index (χ3v) is 9.43. The molecule has 46 heavy (non-hydrogen) atoms. The Morgan fingerprint density at radius 2 is 1.41 bits per heavy atom. The summed E-state index contributed by atoms with van der Waals surface area (Å²) < 4.78 is 0. The number of aromatic nitrogens is 3. The van der Waals surface area contributed by atoms with Crippen LogP contribution in [-0.4, -0.2) is 38.2 Å². The van der Waals surface area contributed by atoms with Crippen molar-refractivity contribution >= 4 is 55.4 Å². The number of carbonyl (C=O) groups is 2. The Labute approximate surface area is 290 Å². The van der Waals surface area contributed by atoms with E-state index in [4.69, 9.17) is 45.5 Å². The van der Waals surface area contributed by atoms with Gasteiger partial charge in [-0.2, -0.15) is 31.0 Å². The Hall–Kier alpha value is -3.02. The zero-order valence-electron chi connectivity index (χ0n) is 26.6. The minimum Gasteiger partial charge on any atom is -0.661 e. The van der Waals surface area contributed by atoms with Crippen LogP contribution in [0.2, 0.25) is 0 Å². The molecule has 3 aromatic heterocycles. The quantitative estimate of drug-likeness (QED) is 0.176. The molecule has 5 heterocycles. The van der Waals surface area contributed by atoms with Gasteiger partial charge in [0, 0.05) is 29.1 Å². The van der Waals surface area contributed by atoms with E-state index in [1.807, 2.05) is 59.8 Å². The number of fused-ring (bicyclic) bond motifs is 8. The Morgan fingerprint density at radius 1 is 0.804 bits per heavy atom. The first kappa shape index (κ1) is 35.8. The molecular weight excluding hydrogens is 664 g/mol. The first-order chi connectivity index (χ1) is 21.1. The zero-order chi connectivity index (χ0) is 33.0.